The molecule has 0 aliphatic rings. The van der Waals surface area contributed by atoms with Gasteiger partial charge in [-0.2, -0.15) is 13.2 Å². The van der Waals surface area contributed by atoms with Gasteiger partial charge < -0.3 is 15.7 Å². The van der Waals surface area contributed by atoms with Gasteiger partial charge in [-0.3, -0.25) is 10.2 Å². The van der Waals surface area contributed by atoms with Crippen LogP contribution in [0.2, 0.25) is 5.02 Å². The molecular weight excluding hydrogens is 419 g/mol. The van der Waals surface area contributed by atoms with Crippen molar-refractivity contribution in [3.8, 4) is 0 Å². The topological polar surface area (TPSA) is 85.2 Å². The average Bonchev–Trinajstić information content (AvgIpc) is 2.72. The molecule has 0 aromatic heterocycles. The first-order valence-electron chi connectivity index (χ1n) is 9.06. The predicted molar refractivity (Wildman–Crippen MR) is 112 cm³/mol. The molecule has 0 heterocycles. The molecule has 4 N–H and O–H groups in total. The minimum atomic E-state index is -4.81. The lowest BCUT2D eigenvalue weighted by Crippen LogP contribution is -2.36. The average molecular weight is 440 g/mol. The number of benzene rings is 2. The number of amides is 1. The van der Waals surface area contributed by atoms with Gasteiger partial charge in [0.2, 0.25) is 0 Å². The Bertz CT molecular complexity index is 924. The summed E-state index contributed by atoms with van der Waals surface area (Å²) in [5, 5.41) is 22.3. The summed E-state index contributed by atoms with van der Waals surface area (Å²) in [6.07, 6.45) is -3.60. The van der Waals surface area contributed by atoms with Crippen LogP contribution in [0.15, 0.2) is 54.6 Å². The molecule has 0 aliphatic carbocycles. The van der Waals surface area contributed by atoms with Crippen LogP contribution < -0.4 is 10.6 Å². The van der Waals surface area contributed by atoms with E-state index in [-0.39, 0.29) is 23.9 Å². The van der Waals surface area contributed by atoms with Crippen molar-refractivity contribution in [2.24, 2.45) is 0 Å². The van der Waals surface area contributed by atoms with Gasteiger partial charge in [-0.25, -0.2) is 0 Å². The van der Waals surface area contributed by atoms with E-state index in [9.17, 15) is 23.1 Å². The zero-order valence-corrected chi connectivity index (χ0v) is 16.8. The maximum atomic E-state index is 12.9. The van der Waals surface area contributed by atoms with Gasteiger partial charge in [0.05, 0.1) is 23.4 Å². The number of hydrogen-bond acceptors (Lipinski definition) is 4. The Morgan fingerprint density at radius 3 is 2.30 bits per heavy atom. The number of anilines is 1. The Hall–Kier alpha value is -2.84. The Morgan fingerprint density at radius 2 is 1.77 bits per heavy atom. The zero-order chi connectivity index (χ0) is 22.3. The Kier molecular flexibility index (Phi) is 8.02. The van der Waals surface area contributed by atoms with Gasteiger partial charge in [-0.05, 0) is 42.3 Å². The fourth-order valence-corrected chi connectivity index (χ4v) is 2.66. The Labute approximate surface area is 177 Å². The quantitative estimate of drug-likeness (QED) is 0.442. The first-order valence-corrected chi connectivity index (χ1v) is 9.44. The van der Waals surface area contributed by atoms with Crippen molar-refractivity contribution in [2.45, 2.75) is 25.6 Å². The molecule has 0 saturated heterocycles. The van der Waals surface area contributed by atoms with Crippen LogP contribution >= 0.6 is 11.6 Å². The minimum Gasteiger partial charge on any atom is -0.394 e. The van der Waals surface area contributed by atoms with E-state index in [1.165, 1.54) is 24.3 Å². The van der Waals surface area contributed by atoms with E-state index in [0.717, 1.165) is 0 Å². The molecule has 1 atom stereocenters. The second kappa shape index (κ2) is 10.3. The highest BCUT2D eigenvalue weighted by atomic mass is 35.5. The van der Waals surface area contributed by atoms with E-state index in [1.54, 1.807) is 24.3 Å². The molecule has 2 aromatic carbocycles. The van der Waals surface area contributed by atoms with Crippen molar-refractivity contribution in [3.63, 3.8) is 0 Å². The third-order valence-corrected chi connectivity index (χ3v) is 4.57. The summed E-state index contributed by atoms with van der Waals surface area (Å²) in [4.78, 5) is 12.2. The van der Waals surface area contributed by atoms with E-state index in [0.29, 0.717) is 28.8 Å². The maximum Gasteiger partial charge on any atom is 0.432 e. The summed E-state index contributed by atoms with van der Waals surface area (Å²) in [6, 6.07) is 12.0. The largest absolute Gasteiger partial charge is 0.432 e. The molecule has 0 fully saturated rings. The molecule has 0 bridgehead atoms. The highest BCUT2D eigenvalue weighted by molar-refractivity contribution is 6.33. The monoisotopic (exact) mass is 439 g/mol. The van der Waals surface area contributed by atoms with Gasteiger partial charge in [0.15, 0.2) is 0 Å². The van der Waals surface area contributed by atoms with Crippen LogP contribution in [0, 0.1) is 5.41 Å². The number of para-hydroxylation sites is 1. The highest BCUT2D eigenvalue weighted by Gasteiger charge is 2.33. The number of alkyl halides is 3. The van der Waals surface area contributed by atoms with Gasteiger partial charge in [0.25, 0.3) is 5.91 Å². The number of aliphatic hydroxyl groups is 1. The summed E-state index contributed by atoms with van der Waals surface area (Å²) in [5.41, 5.74) is -0.550. The van der Waals surface area contributed by atoms with E-state index >= 15 is 0 Å². The fourth-order valence-electron chi connectivity index (χ4n) is 2.47. The number of halogens is 4. The fraction of sp³-hybridized carbons (Fsp3) is 0.238. The van der Waals surface area contributed by atoms with Gasteiger partial charge in [0, 0.05) is 11.3 Å². The number of aliphatic hydroxyl groups excluding tert-OH is 1. The van der Waals surface area contributed by atoms with E-state index in [1.807, 2.05) is 6.92 Å². The van der Waals surface area contributed by atoms with Crippen LogP contribution in [-0.2, 0) is 0 Å². The molecule has 5 nitrogen and oxygen atoms in total. The van der Waals surface area contributed by atoms with Crippen molar-refractivity contribution in [1.29, 1.82) is 5.41 Å². The predicted octanol–water partition coefficient (Wildman–Crippen LogP) is 4.88. The van der Waals surface area contributed by atoms with Crippen LogP contribution in [0.3, 0.4) is 0 Å². The number of carbonyl (C=O) groups excluding carboxylic acids is 1. The molecule has 160 valence electrons. The van der Waals surface area contributed by atoms with Crippen molar-refractivity contribution in [1.82, 2.24) is 5.32 Å². The smallest absolute Gasteiger partial charge is 0.394 e. The van der Waals surface area contributed by atoms with Crippen molar-refractivity contribution in [3.05, 3.63) is 70.8 Å². The molecule has 30 heavy (non-hydrogen) atoms. The SMILES string of the molecule is CCC(CO)NC(=O)c1ccc(/C(=C/C(=N)C(F)(F)F)Nc2ccccc2Cl)cc1. The molecule has 1 amide bonds. The van der Waals surface area contributed by atoms with Crippen molar-refractivity contribution >= 4 is 34.6 Å². The lowest BCUT2D eigenvalue weighted by atomic mass is 10.1. The summed E-state index contributed by atoms with van der Waals surface area (Å²) < 4.78 is 38.7. The summed E-state index contributed by atoms with van der Waals surface area (Å²) in [5.74, 6) is -0.407. The van der Waals surface area contributed by atoms with E-state index in [2.05, 4.69) is 10.6 Å². The van der Waals surface area contributed by atoms with Crippen molar-refractivity contribution in [2.75, 3.05) is 11.9 Å². The minimum absolute atomic E-state index is 0.000763. The lowest BCUT2D eigenvalue weighted by molar-refractivity contribution is -0.0583. The van der Waals surface area contributed by atoms with Gasteiger partial charge in [-0.15, -0.1) is 0 Å². The summed E-state index contributed by atoms with van der Waals surface area (Å²) in [7, 11) is 0. The molecule has 9 heteroatoms. The molecule has 0 aliphatic heterocycles. The number of carbonyl (C=O) groups is 1. The summed E-state index contributed by atoms with van der Waals surface area (Å²) in [6.45, 7) is 1.62. The molecule has 0 spiro atoms. The molecule has 2 rings (SSSR count). The van der Waals surface area contributed by atoms with E-state index < -0.39 is 17.8 Å². The molecule has 0 saturated carbocycles. The van der Waals surface area contributed by atoms with Crippen molar-refractivity contribution < 1.29 is 23.1 Å². The molecule has 2 aromatic rings. The molecule has 0 radical (unpaired) electrons. The molecule has 1 unspecified atom stereocenters. The first kappa shape index (κ1) is 23.4. The third-order valence-electron chi connectivity index (χ3n) is 4.24. The number of nitrogens with one attached hydrogen (secondary N) is 3. The maximum absolute atomic E-state index is 12.9. The number of rotatable bonds is 8. The summed E-state index contributed by atoms with van der Waals surface area (Å²) >= 11 is 6.09. The highest BCUT2D eigenvalue weighted by Crippen LogP contribution is 2.27. The van der Waals surface area contributed by atoms with Gasteiger partial charge in [-0.1, -0.05) is 42.8 Å². The standard InChI is InChI=1S/C21H21ClF3N3O2/c1-2-15(12-29)27-20(30)14-9-7-13(8-10-14)18(11-19(26)21(23,24)25)28-17-6-4-3-5-16(17)22/h3-11,15,26,28-29H,2,12H2,1H3,(H,27,30)/b18-11-,26-19?. The zero-order valence-electron chi connectivity index (χ0n) is 16.1. The van der Waals surface area contributed by atoms with Crippen LogP contribution in [0.5, 0.6) is 0 Å². The Balaban J connectivity index is 2.34. The second-order valence-corrected chi connectivity index (χ2v) is 6.82. The third kappa shape index (κ3) is 6.33. The molecular formula is C21H21ClF3N3O2. The van der Waals surface area contributed by atoms with Gasteiger partial charge >= 0.3 is 6.18 Å². The number of allylic oxidation sites excluding steroid dienone is 1. The van der Waals surface area contributed by atoms with E-state index in [4.69, 9.17) is 17.0 Å². The first-order chi connectivity index (χ1) is 14.2. The van der Waals surface area contributed by atoms with Crippen LogP contribution in [-0.4, -0.2) is 35.6 Å². The Morgan fingerprint density at radius 1 is 1.17 bits per heavy atom. The van der Waals surface area contributed by atoms with Crippen LogP contribution in [0.4, 0.5) is 18.9 Å². The van der Waals surface area contributed by atoms with Crippen LogP contribution in [0.1, 0.15) is 29.3 Å². The lowest BCUT2D eigenvalue weighted by Gasteiger charge is -2.16. The second-order valence-electron chi connectivity index (χ2n) is 6.41. The number of hydrogen-bond donors (Lipinski definition) is 4. The van der Waals surface area contributed by atoms with Gasteiger partial charge in [0.1, 0.15) is 5.71 Å². The normalized spacial score (nSPS) is 12.9. The van der Waals surface area contributed by atoms with Crippen LogP contribution in [0.25, 0.3) is 5.70 Å².